The summed E-state index contributed by atoms with van der Waals surface area (Å²) in [6.45, 7) is -0.231. The van der Waals surface area contributed by atoms with E-state index in [0.29, 0.717) is 16.4 Å². The van der Waals surface area contributed by atoms with E-state index in [4.69, 9.17) is 22.1 Å². The molecule has 0 saturated heterocycles. The van der Waals surface area contributed by atoms with E-state index in [0.717, 1.165) is 0 Å². The summed E-state index contributed by atoms with van der Waals surface area (Å²) in [6, 6.07) is 4.71. The fraction of sp³-hybridized carbons (Fsp3) is 0.273. The van der Waals surface area contributed by atoms with Gasteiger partial charge in [-0.3, -0.25) is 9.59 Å². The van der Waals surface area contributed by atoms with Crippen LogP contribution >= 0.6 is 11.6 Å². The Balaban J connectivity index is 2.89. The van der Waals surface area contributed by atoms with E-state index in [1.165, 1.54) is 13.2 Å². The minimum Gasteiger partial charge on any atom is -0.375 e. The summed E-state index contributed by atoms with van der Waals surface area (Å²) in [6.07, 6.45) is 0. The standard InChI is InChI=1S/C11H14ClN3O3/c1-18-6-11(17)14-8-3-2-7(12)4-9(8)15-10(16)5-13/h2-4H,5-6,13H2,1H3,(H,14,17)(H,15,16). The van der Waals surface area contributed by atoms with Crippen molar-refractivity contribution < 1.29 is 14.3 Å². The molecule has 0 aliphatic carbocycles. The van der Waals surface area contributed by atoms with E-state index in [1.807, 2.05) is 0 Å². The molecule has 4 N–H and O–H groups in total. The highest BCUT2D eigenvalue weighted by Crippen LogP contribution is 2.25. The molecule has 0 saturated carbocycles. The summed E-state index contributed by atoms with van der Waals surface area (Å²) in [5.41, 5.74) is 6.03. The van der Waals surface area contributed by atoms with Crippen LogP contribution in [0, 0.1) is 0 Å². The number of nitrogens with one attached hydrogen (secondary N) is 2. The Labute approximate surface area is 109 Å². The second kappa shape index (κ2) is 6.95. The van der Waals surface area contributed by atoms with Gasteiger partial charge in [0.25, 0.3) is 0 Å². The van der Waals surface area contributed by atoms with E-state index in [2.05, 4.69) is 10.6 Å². The van der Waals surface area contributed by atoms with Gasteiger partial charge in [-0.25, -0.2) is 0 Å². The molecule has 1 aromatic carbocycles. The van der Waals surface area contributed by atoms with Gasteiger partial charge in [-0.2, -0.15) is 0 Å². The number of anilines is 2. The number of rotatable bonds is 5. The van der Waals surface area contributed by atoms with Gasteiger partial charge in [-0.15, -0.1) is 0 Å². The Bertz CT molecular complexity index is 451. The first-order chi connectivity index (χ1) is 8.56. The quantitative estimate of drug-likeness (QED) is 0.739. The van der Waals surface area contributed by atoms with Gasteiger partial charge in [0.2, 0.25) is 11.8 Å². The van der Waals surface area contributed by atoms with Crippen LogP contribution in [-0.4, -0.2) is 32.1 Å². The molecule has 0 atom stereocenters. The van der Waals surface area contributed by atoms with Crippen LogP contribution in [0.3, 0.4) is 0 Å². The van der Waals surface area contributed by atoms with Crippen LogP contribution in [-0.2, 0) is 14.3 Å². The molecule has 1 rings (SSSR count). The van der Waals surface area contributed by atoms with Crippen molar-refractivity contribution >= 4 is 34.8 Å². The van der Waals surface area contributed by atoms with E-state index in [-0.39, 0.29) is 25.0 Å². The summed E-state index contributed by atoms with van der Waals surface area (Å²) < 4.78 is 4.70. The van der Waals surface area contributed by atoms with Gasteiger partial charge in [0.1, 0.15) is 6.61 Å². The third-order valence-corrected chi connectivity index (χ3v) is 2.23. The van der Waals surface area contributed by atoms with Crippen molar-refractivity contribution in [2.45, 2.75) is 0 Å². The molecule has 0 spiro atoms. The number of methoxy groups -OCH3 is 1. The van der Waals surface area contributed by atoms with Crippen LogP contribution in [0.4, 0.5) is 11.4 Å². The highest BCUT2D eigenvalue weighted by molar-refractivity contribution is 6.31. The van der Waals surface area contributed by atoms with E-state index in [1.54, 1.807) is 12.1 Å². The number of ether oxygens (including phenoxy) is 1. The number of carbonyl (C=O) groups excluding carboxylic acids is 2. The molecule has 0 fully saturated rings. The lowest BCUT2D eigenvalue weighted by Crippen LogP contribution is -2.23. The van der Waals surface area contributed by atoms with Gasteiger partial charge < -0.3 is 21.1 Å². The average Bonchev–Trinajstić information content (AvgIpc) is 2.33. The number of hydrogen-bond acceptors (Lipinski definition) is 4. The molecule has 0 aromatic heterocycles. The molecule has 7 heteroatoms. The monoisotopic (exact) mass is 271 g/mol. The first-order valence-electron chi connectivity index (χ1n) is 5.15. The first kappa shape index (κ1) is 14.4. The molecule has 0 heterocycles. The highest BCUT2D eigenvalue weighted by Gasteiger charge is 2.09. The maximum absolute atomic E-state index is 11.4. The third kappa shape index (κ3) is 4.33. The summed E-state index contributed by atoms with van der Waals surface area (Å²) in [5.74, 6) is -0.706. The minimum absolute atomic E-state index is 0.0765. The van der Waals surface area contributed by atoms with E-state index in [9.17, 15) is 9.59 Å². The molecule has 1 aromatic rings. The number of carbonyl (C=O) groups is 2. The van der Waals surface area contributed by atoms with Crippen LogP contribution in [0.25, 0.3) is 0 Å². The van der Waals surface area contributed by atoms with Crippen molar-refractivity contribution in [2.75, 3.05) is 30.9 Å². The Hall–Kier alpha value is -1.63. The first-order valence-corrected chi connectivity index (χ1v) is 5.53. The molecule has 0 aliphatic heterocycles. The lowest BCUT2D eigenvalue weighted by Gasteiger charge is -2.12. The highest BCUT2D eigenvalue weighted by atomic mass is 35.5. The van der Waals surface area contributed by atoms with E-state index < -0.39 is 0 Å². The molecule has 0 radical (unpaired) electrons. The lowest BCUT2D eigenvalue weighted by molar-refractivity contribution is -0.119. The third-order valence-electron chi connectivity index (χ3n) is 1.99. The Kier molecular flexibility index (Phi) is 5.57. The molecule has 0 aliphatic rings. The van der Waals surface area contributed by atoms with Crippen molar-refractivity contribution in [1.29, 1.82) is 0 Å². The molecule has 18 heavy (non-hydrogen) atoms. The van der Waals surface area contributed by atoms with E-state index >= 15 is 0 Å². The van der Waals surface area contributed by atoms with Crippen LogP contribution in [0.1, 0.15) is 0 Å². The summed E-state index contributed by atoms with van der Waals surface area (Å²) in [4.78, 5) is 22.6. The number of amides is 2. The zero-order valence-corrected chi connectivity index (χ0v) is 10.6. The van der Waals surface area contributed by atoms with Gasteiger partial charge >= 0.3 is 0 Å². The van der Waals surface area contributed by atoms with Gasteiger partial charge in [0.15, 0.2) is 0 Å². The normalized spacial score (nSPS) is 9.94. The van der Waals surface area contributed by atoms with Gasteiger partial charge in [0, 0.05) is 12.1 Å². The molecule has 0 unspecified atom stereocenters. The second-order valence-electron chi connectivity index (χ2n) is 3.42. The minimum atomic E-state index is -0.375. The molecular formula is C11H14ClN3O3. The van der Waals surface area contributed by atoms with Crippen molar-refractivity contribution in [1.82, 2.24) is 0 Å². The predicted molar refractivity (Wildman–Crippen MR) is 69.6 cm³/mol. The van der Waals surface area contributed by atoms with Gasteiger partial charge in [-0.1, -0.05) is 11.6 Å². The molecule has 2 amide bonds. The molecular weight excluding hydrogens is 258 g/mol. The lowest BCUT2D eigenvalue weighted by atomic mass is 10.2. The fourth-order valence-corrected chi connectivity index (χ4v) is 1.42. The molecule has 98 valence electrons. The van der Waals surface area contributed by atoms with Crippen molar-refractivity contribution in [2.24, 2.45) is 5.73 Å². The Morgan fingerprint density at radius 1 is 1.28 bits per heavy atom. The SMILES string of the molecule is COCC(=O)Nc1ccc(Cl)cc1NC(=O)CN. The van der Waals surface area contributed by atoms with Crippen LogP contribution in [0.15, 0.2) is 18.2 Å². The summed E-state index contributed by atoms with van der Waals surface area (Å²) in [7, 11) is 1.42. The maximum atomic E-state index is 11.4. The average molecular weight is 272 g/mol. The topological polar surface area (TPSA) is 93.5 Å². The van der Waals surface area contributed by atoms with Crippen molar-refractivity contribution in [3.05, 3.63) is 23.2 Å². The zero-order chi connectivity index (χ0) is 13.5. The van der Waals surface area contributed by atoms with Crippen LogP contribution in [0.2, 0.25) is 5.02 Å². The number of nitrogens with two attached hydrogens (primary N) is 1. The van der Waals surface area contributed by atoms with Crippen molar-refractivity contribution in [3.8, 4) is 0 Å². The fourth-order valence-electron chi connectivity index (χ4n) is 1.25. The largest absolute Gasteiger partial charge is 0.375 e. The number of benzene rings is 1. The summed E-state index contributed by atoms with van der Waals surface area (Å²) >= 11 is 5.82. The number of hydrogen-bond donors (Lipinski definition) is 3. The second-order valence-corrected chi connectivity index (χ2v) is 3.86. The van der Waals surface area contributed by atoms with Crippen LogP contribution in [0.5, 0.6) is 0 Å². The predicted octanol–water partition coefficient (Wildman–Crippen LogP) is 0.822. The van der Waals surface area contributed by atoms with Gasteiger partial charge in [-0.05, 0) is 18.2 Å². The van der Waals surface area contributed by atoms with Crippen molar-refractivity contribution in [3.63, 3.8) is 0 Å². The van der Waals surface area contributed by atoms with Crippen LogP contribution < -0.4 is 16.4 Å². The number of halogens is 1. The summed E-state index contributed by atoms with van der Waals surface area (Å²) in [5, 5.41) is 5.57. The Morgan fingerprint density at radius 2 is 1.94 bits per heavy atom. The smallest absolute Gasteiger partial charge is 0.250 e. The maximum Gasteiger partial charge on any atom is 0.250 e. The molecule has 6 nitrogen and oxygen atoms in total. The Morgan fingerprint density at radius 3 is 2.56 bits per heavy atom. The molecule has 0 bridgehead atoms. The zero-order valence-electron chi connectivity index (χ0n) is 9.83. The van der Waals surface area contributed by atoms with Gasteiger partial charge in [0.05, 0.1) is 17.9 Å².